The van der Waals surface area contributed by atoms with E-state index < -0.39 is 18.0 Å². The molecule has 0 fully saturated rings. The molecule has 0 aliphatic rings. The minimum absolute atomic E-state index is 0. The lowest BCUT2D eigenvalue weighted by atomic mass is 10.0. The van der Waals surface area contributed by atoms with Crippen LogP contribution in [0.15, 0.2) is 0 Å². The summed E-state index contributed by atoms with van der Waals surface area (Å²) in [6, 6.07) is 0. The number of carboxylic acids is 2. The number of hydrogen-bond donors (Lipinski definition) is 2. The number of aliphatic carboxylic acids is 2. The Balaban J connectivity index is -0.000000560. The van der Waals surface area contributed by atoms with Crippen LogP contribution in [-0.4, -0.2) is 60.4 Å². The fraction of sp³-hybridized carbons (Fsp3) is 0.917. The number of nitrogens with zero attached hydrogens (tertiary/aromatic N) is 1. The highest BCUT2D eigenvalue weighted by atomic mass is 35.5. The number of aliphatic hydroxyl groups is 1. The first kappa shape index (κ1) is 34.8. The largest absolute Gasteiger partial charge is 0.550 e. The van der Waals surface area contributed by atoms with Gasteiger partial charge < -0.3 is 24.6 Å². The van der Waals surface area contributed by atoms with Gasteiger partial charge in [-0.1, -0.05) is 90.9 Å². The Kier molecular flexibility index (Phi) is 25.1. The number of unbranched alkanes of at least 4 members (excludes halogenated alkanes) is 11. The van der Waals surface area contributed by atoms with Crippen molar-refractivity contribution in [1.29, 1.82) is 0 Å². The number of carboxylic acid groups (broad SMARTS) is 2. The molecule has 0 spiro atoms. The minimum atomic E-state index is -1.20. The highest BCUT2D eigenvalue weighted by Gasteiger charge is 2.14. The van der Waals surface area contributed by atoms with Crippen LogP contribution < -0.4 is 5.11 Å². The van der Waals surface area contributed by atoms with Crippen LogP contribution in [0.4, 0.5) is 0 Å². The second-order valence-corrected chi connectivity index (χ2v) is 9.62. The zero-order valence-electron chi connectivity index (χ0n) is 20.7. The van der Waals surface area contributed by atoms with Gasteiger partial charge in [0, 0.05) is 12.4 Å². The van der Waals surface area contributed by atoms with Gasteiger partial charge in [0.05, 0.1) is 27.1 Å². The van der Waals surface area contributed by atoms with Crippen LogP contribution >= 0.6 is 12.4 Å². The van der Waals surface area contributed by atoms with Crippen molar-refractivity contribution >= 4 is 24.3 Å². The molecule has 0 aliphatic carbocycles. The standard InChI is InChI=1S/C17H34O2.C7H15NO3.ClH/c1-3-4-5-6-7-8-9-10-11-12-13-14-15-16(2)17(18)19;1-8(2,3)5-6(9)4-7(10)11;/h16H,3-15H2,1-2H3,(H,18,19);6,9H,4-5H2,1-3H3;1H/t;6-;/m.1./s1. The van der Waals surface area contributed by atoms with Crippen molar-refractivity contribution in [2.75, 3.05) is 27.7 Å². The Hall–Kier alpha value is -0.850. The molecule has 0 rings (SSSR count). The van der Waals surface area contributed by atoms with Crippen molar-refractivity contribution in [3.63, 3.8) is 0 Å². The van der Waals surface area contributed by atoms with Crippen molar-refractivity contribution in [3.05, 3.63) is 0 Å². The van der Waals surface area contributed by atoms with Crippen molar-refractivity contribution in [2.24, 2.45) is 5.92 Å². The number of halogens is 1. The lowest BCUT2D eigenvalue weighted by molar-refractivity contribution is -0.873. The molecule has 0 radical (unpaired) electrons. The fourth-order valence-electron chi connectivity index (χ4n) is 3.30. The summed E-state index contributed by atoms with van der Waals surface area (Å²) in [5, 5.41) is 27.9. The topological polar surface area (TPSA) is 97.7 Å². The second-order valence-electron chi connectivity index (χ2n) is 9.62. The normalized spacial score (nSPS) is 12.8. The lowest BCUT2D eigenvalue weighted by Crippen LogP contribution is -2.43. The molecule has 0 saturated heterocycles. The zero-order valence-corrected chi connectivity index (χ0v) is 21.6. The minimum Gasteiger partial charge on any atom is -0.550 e. The van der Waals surface area contributed by atoms with Crippen LogP contribution in [0.5, 0.6) is 0 Å². The summed E-state index contributed by atoms with van der Waals surface area (Å²) in [5.41, 5.74) is 0. The van der Waals surface area contributed by atoms with Gasteiger partial charge in [0.1, 0.15) is 12.6 Å². The molecule has 0 aromatic heterocycles. The van der Waals surface area contributed by atoms with Crippen LogP contribution in [0.25, 0.3) is 0 Å². The average molecular weight is 468 g/mol. The number of carbonyl (C=O) groups excluding carboxylic acids is 1. The number of rotatable bonds is 18. The van der Waals surface area contributed by atoms with Gasteiger partial charge in [-0.2, -0.15) is 0 Å². The predicted octanol–water partition coefficient (Wildman–Crippen LogP) is 4.41. The van der Waals surface area contributed by atoms with Gasteiger partial charge >= 0.3 is 5.97 Å². The third kappa shape index (κ3) is 31.4. The van der Waals surface area contributed by atoms with E-state index in [2.05, 4.69) is 6.92 Å². The summed E-state index contributed by atoms with van der Waals surface area (Å²) in [5.74, 6) is -2.02. The maximum atomic E-state index is 10.6. The smallest absolute Gasteiger partial charge is 0.306 e. The summed E-state index contributed by atoms with van der Waals surface area (Å²) in [6.45, 7) is 4.49. The Morgan fingerprint density at radius 2 is 1.23 bits per heavy atom. The van der Waals surface area contributed by atoms with Crippen molar-refractivity contribution in [2.45, 2.75) is 110 Å². The highest BCUT2D eigenvalue weighted by Crippen LogP contribution is 2.14. The van der Waals surface area contributed by atoms with Gasteiger partial charge in [0.2, 0.25) is 0 Å². The molecule has 6 nitrogen and oxygen atoms in total. The molecule has 188 valence electrons. The highest BCUT2D eigenvalue weighted by molar-refractivity contribution is 5.85. The molecule has 0 aliphatic heterocycles. The van der Waals surface area contributed by atoms with Crippen LogP contribution in [0.1, 0.15) is 104 Å². The molecule has 31 heavy (non-hydrogen) atoms. The average Bonchev–Trinajstić information content (AvgIpc) is 2.60. The molecule has 1 unspecified atom stereocenters. The van der Waals surface area contributed by atoms with Crippen LogP contribution in [0, 0.1) is 5.92 Å². The maximum Gasteiger partial charge on any atom is 0.306 e. The molecule has 0 saturated carbocycles. The van der Waals surface area contributed by atoms with E-state index in [0.29, 0.717) is 11.0 Å². The third-order valence-corrected chi connectivity index (χ3v) is 5.07. The molecule has 2 atom stereocenters. The van der Waals surface area contributed by atoms with Crippen LogP contribution in [0.2, 0.25) is 0 Å². The molecular formula is C24H50ClNO5. The maximum absolute atomic E-state index is 10.6. The quantitative estimate of drug-likeness (QED) is 0.230. The van der Waals surface area contributed by atoms with Gasteiger partial charge in [-0.3, -0.25) is 4.79 Å². The number of carbonyl (C=O) groups is 2. The molecule has 2 N–H and O–H groups in total. The van der Waals surface area contributed by atoms with Gasteiger partial charge in [-0.05, 0) is 6.42 Å². The van der Waals surface area contributed by atoms with Crippen LogP contribution in [-0.2, 0) is 9.59 Å². The van der Waals surface area contributed by atoms with E-state index in [0.717, 1.165) is 12.8 Å². The SMILES string of the molecule is CCCCCCCCCCCCCCC(C)C(=O)O.C[N+](C)(C)C[C@H](O)CC(=O)[O-].Cl. The van der Waals surface area contributed by atoms with E-state index in [1.807, 2.05) is 21.1 Å². The van der Waals surface area contributed by atoms with Gasteiger partial charge in [-0.25, -0.2) is 0 Å². The summed E-state index contributed by atoms with van der Waals surface area (Å²) in [7, 11) is 5.66. The number of aliphatic hydroxyl groups excluding tert-OH is 1. The van der Waals surface area contributed by atoms with Gasteiger partial charge in [-0.15, -0.1) is 12.4 Å². The third-order valence-electron chi connectivity index (χ3n) is 5.07. The summed E-state index contributed by atoms with van der Waals surface area (Å²) in [4.78, 5) is 20.6. The van der Waals surface area contributed by atoms with Crippen molar-refractivity contribution < 1.29 is 29.4 Å². The molecule has 0 bridgehead atoms. The molecular weight excluding hydrogens is 418 g/mol. The molecule has 0 heterocycles. The molecule has 0 aromatic carbocycles. The first-order chi connectivity index (χ1) is 14.0. The fourth-order valence-corrected chi connectivity index (χ4v) is 3.30. The first-order valence-corrected chi connectivity index (χ1v) is 11.9. The van der Waals surface area contributed by atoms with Crippen molar-refractivity contribution in [1.82, 2.24) is 0 Å². The first-order valence-electron chi connectivity index (χ1n) is 11.9. The van der Waals surface area contributed by atoms with E-state index in [-0.39, 0.29) is 24.7 Å². The Morgan fingerprint density at radius 1 is 0.839 bits per heavy atom. The van der Waals surface area contributed by atoms with E-state index in [1.165, 1.54) is 70.6 Å². The van der Waals surface area contributed by atoms with Crippen LogP contribution in [0.3, 0.4) is 0 Å². The summed E-state index contributed by atoms with van der Waals surface area (Å²) < 4.78 is 0.550. The number of hydrogen-bond acceptors (Lipinski definition) is 4. The van der Waals surface area contributed by atoms with E-state index in [4.69, 9.17) is 10.2 Å². The van der Waals surface area contributed by atoms with Crippen molar-refractivity contribution in [3.8, 4) is 0 Å². The number of likely N-dealkylation sites (N-methyl/N-ethyl adjacent to an activating group) is 1. The molecule has 0 amide bonds. The monoisotopic (exact) mass is 467 g/mol. The van der Waals surface area contributed by atoms with Gasteiger partial charge in [0.15, 0.2) is 0 Å². The lowest BCUT2D eigenvalue weighted by Gasteiger charge is -2.26. The summed E-state index contributed by atoms with van der Waals surface area (Å²) in [6.07, 6.45) is 15.8. The zero-order chi connectivity index (χ0) is 23.4. The predicted molar refractivity (Wildman–Crippen MR) is 128 cm³/mol. The van der Waals surface area contributed by atoms with E-state index >= 15 is 0 Å². The Morgan fingerprint density at radius 3 is 1.55 bits per heavy atom. The summed E-state index contributed by atoms with van der Waals surface area (Å²) >= 11 is 0. The number of quaternary nitrogens is 1. The van der Waals surface area contributed by atoms with Gasteiger partial charge in [0.25, 0.3) is 0 Å². The van der Waals surface area contributed by atoms with E-state index in [1.54, 1.807) is 6.92 Å². The van der Waals surface area contributed by atoms with E-state index in [9.17, 15) is 14.7 Å². The Labute approximate surface area is 197 Å². The Bertz CT molecular complexity index is 427. The molecule has 7 heteroatoms. The second kappa shape index (κ2) is 22.3. The molecule has 0 aromatic rings.